The highest BCUT2D eigenvalue weighted by atomic mass is 16.2. The molecular formula is C7H13O. The summed E-state index contributed by atoms with van der Waals surface area (Å²) in [6.45, 7) is 5.70. The number of allylic oxidation sites excluding steroid dienone is 1. The quantitative estimate of drug-likeness (QED) is 0.497. The van der Waals surface area contributed by atoms with E-state index in [0.717, 1.165) is 12.8 Å². The molecule has 0 N–H and O–H groups in total. The van der Waals surface area contributed by atoms with Crippen LogP contribution < -0.4 is 0 Å². The first-order chi connectivity index (χ1) is 3.81. The van der Waals surface area contributed by atoms with Gasteiger partial charge in [-0.2, -0.15) is 0 Å². The lowest BCUT2D eigenvalue weighted by Gasteiger charge is -2.02. The highest BCUT2D eigenvalue weighted by Gasteiger charge is 1.95. The van der Waals surface area contributed by atoms with E-state index in [4.69, 9.17) is 0 Å². The van der Waals surface area contributed by atoms with E-state index in [1.54, 1.807) is 0 Å². The van der Waals surface area contributed by atoms with Gasteiger partial charge in [-0.25, -0.2) is 5.11 Å². The molecule has 0 heterocycles. The van der Waals surface area contributed by atoms with Gasteiger partial charge in [0, 0.05) is 0 Å². The summed E-state index contributed by atoms with van der Waals surface area (Å²) in [6, 6.07) is 0. The van der Waals surface area contributed by atoms with E-state index in [-0.39, 0.29) is 6.61 Å². The zero-order valence-electron chi connectivity index (χ0n) is 5.39. The maximum Gasteiger partial charge on any atom is 0.0825 e. The summed E-state index contributed by atoms with van der Waals surface area (Å²) in [5, 5.41) is 9.98. The number of hydrogen-bond acceptors (Lipinski definition) is 0. The summed E-state index contributed by atoms with van der Waals surface area (Å²) < 4.78 is 0. The second-order valence-corrected chi connectivity index (χ2v) is 2.12. The summed E-state index contributed by atoms with van der Waals surface area (Å²) in [7, 11) is 0. The van der Waals surface area contributed by atoms with Crippen LogP contribution in [0.4, 0.5) is 0 Å². The van der Waals surface area contributed by atoms with E-state index >= 15 is 0 Å². The summed E-state index contributed by atoms with van der Waals surface area (Å²) in [5.41, 5.74) is 0. The van der Waals surface area contributed by atoms with Gasteiger partial charge in [0.05, 0.1) is 6.61 Å². The third kappa shape index (κ3) is 3.88. The van der Waals surface area contributed by atoms with Crippen LogP contribution in [0.2, 0.25) is 0 Å². The molecule has 0 saturated heterocycles. The molecule has 47 valence electrons. The lowest BCUT2D eigenvalue weighted by molar-refractivity contribution is 0.174. The van der Waals surface area contributed by atoms with Gasteiger partial charge in [-0.15, -0.1) is 6.58 Å². The Balaban J connectivity index is 3.03. The Labute approximate surface area is 51.0 Å². The molecule has 0 bridgehead atoms. The first kappa shape index (κ1) is 7.70. The van der Waals surface area contributed by atoms with Crippen molar-refractivity contribution in [3.8, 4) is 0 Å². The molecule has 0 aliphatic carbocycles. The number of rotatable bonds is 4. The fourth-order valence-corrected chi connectivity index (χ4v) is 0.604. The standard InChI is InChI=1S/C7H13O/c1-3-4-7(2)5-6-8/h3,7H,1,4-6H2,2H3. The molecule has 0 rings (SSSR count). The second kappa shape index (κ2) is 4.85. The summed E-state index contributed by atoms with van der Waals surface area (Å²) in [5.74, 6) is 0.532. The SMILES string of the molecule is C=CCC(C)CC[O]. The van der Waals surface area contributed by atoms with Crippen LogP contribution in [0, 0.1) is 5.92 Å². The molecule has 0 aromatic carbocycles. The minimum absolute atomic E-state index is 0.0506. The van der Waals surface area contributed by atoms with Gasteiger partial charge in [-0.05, 0) is 18.8 Å². The summed E-state index contributed by atoms with van der Waals surface area (Å²) in [6.07, 6.45) is 3.62. The largest absolute Gasteiger partial charge is 0.237 e. The van der Waals surface area contributed by atoms with E-state index < -0.39 is 0 Å². The van der Waals surface area contributed by atoms with Crippen LogP contribution in [0.1, 0.15) is 19.8 Å². The van der Waals surface area contributed by atoms with Crippen molar-refractivity contribution < 1.29 is 5.11 Å². The fourth-order valence-electron chi connectivity index (χ4n) is 0.604. The molecule has 0 aliphatic rings. The summed E-state index contributed by atoms with van der Waals surface area (Å²) >= 11 is 0. The van der Waals surface area contributed by atoms with Crippen molar-refractivity contribution in [1.29, 1.82) is 0 Å². The van der Waals surface area contributed by atoms with Crippen LogP contribution in [0.3, 0.4) is 0 Å². The average Bonchev–Trinajstić information content (AvgIpc) is 1.68. The minimum atomic E-state index is 0.0506. The van der Waals surface area contributed by atoms with E-state index in [9.17, 15) is 5.11 Å². The topological polar surface area (TPSA) is 19.9 Å². The first-order valence-corrected chi connectivity index (χ1v) is 3.00. The lowest BCUT2D eigenvalue weighted by Crippen LogP contribution is -1.94. The van der Waals surface area contributed by atoms with Crippen molar-refractivity contribution in [3.63, 3.8) is 0 Å². The van der Waals surface area contributed by atoms with Gasteiger partial charge in [0.15, 0.2) is 0 Å². The van der Waals surface area contributed by atoms with Crippen LogP contribution in [0.15, 0.2) is 12.7 Å². The molecule has 0 saturated carbocycles. The van der Waals surface area contributed by atoms with Crippen molar-refractivity contribution in [2.45, 2.75) is 19.8 Å². The minimum Gasteiger partial charge on any atom is -0.237 e. The Morgan fingerprint density at radius 2 is 2.38 bits per heavy atom. The lowest BCUT2D eigenvalue weighted by atomic mass is 10.1. The van der Waals surface area contributed by atoms with E-state index in [1.165, 1.54) is 0 Å². The molecule has 8 heavy (non-hydrogen) atoms. The molecule has 1 radical (unpaired) electrons. The van der Waals surface area contributed by atoms with Gasteiger partial charge in [0.25, 0.3) is 0 Å². The van der Waals surface area contributed by atoms with Crippen molar-refractivity contribution in [2.24, 2.45) is 5.92 Å². The first-order valence-electron chi connectivity index (χ1n) is 3.00. The van der Waals surface area contributed by atoms with Crippen LogP contribution in [0.5, 0.6) is 0 Å². The smallest absolute Gasteiger partial charge is 0.0825 e. The Morgan fingerprint density at radius 3 is 2.75 bits per heavy atom. The zero-order valence-corrected chi connectivity index (χ0v) is 5.39. The van der Waals surface area contributed by atoms with Crippen molar-refractivity contribution in [3.05, 3.63) is 12.7 Å². The maximum absolute atomic E-state index is 9.98. The normalized spacial score (nSPS) is 13.2. The van der Waals surface area contributed by atoms with Crippen LogP contribution in [0.25, 0.3) is 0 Å². The molecule has 0 aromatic rings. The Bertz CT molecular complexity index is 59.4. The molecule has 1 nitrogen and oxygen atoms in total. The van der Waals surface area contributed by atoms with Gasteiger partial charge < -0.3 is 0 Å². The third-order valence-electron chi connectivity index (χ3n) is 1.18. The summed E-state index contributed by atoms with van der Waals surface area (Å²) in [4.78, 5) is 0. The van der Waals surface area contributed by atoms with Crippen molar-refractivity contribution in [2.75, 3.05) is 6.61 Å². The van der Waals surface area contributed by atoms with Crippen molar-refractivity contribution >= 4 is 0 Å². The highest BCUT2D eigenvalue weighted by Crippen LogP contribution is 2.05. The molecule has 0 amide bonds. The van der Waals surface area contributed by atoms with Crippen molar-refractivity contribution in [1.82, 2.24) is 0 Å². The zero-order chi connectivity index (χ0) is 6.41. The van der Waals surface area contributed by atoms with E-state index in [0.29, 0.717) is 5.92 Å². The van der Waals surface area contributed by atoms with Gasteiger partial charge in [-0.3, -0.25) is 0 Å². The molecule has 1 unspecified atom stereocenters. The van der Waals surface area contributed by atoms with Gasteiger partial charge >= 0.3 is 0 Å². The van der Waals surface area contributed by atoms with Gasteiger partial charge in [0.1, 0.15) is 0 Å². The fraction of sp³-hybridized carbons (Fsp3) is 0.714. The Morgan fingerprint density at radius 1 is 1.75 bits per heavy atom. The Kier molecular flexibility index (Phi) is 4.67. The molecule has 0 fully saturated rings. The molecule has 1 atom stereocenters. The molecule has 0 aromatic heterocycles. The maximum atomic E-state index is 9.98. The Hall–Kier alpha value is -0.300. The van der Waals surface area contributed by atoms with E-state index in [2.05, 4.69) is 13.5 Å². The highest BCUT2D eigenvalue weighted by molar-refractivity contribution is 4.69. The monoisotopic (exact) mass is 113 g/mol. The van der Waals surface area contributed by atoms with Crippen LogP contribution >= 0.6 is 0 Å². The molecular weight excluding hydrogens is 100 g/mol. The van der Waals surface area contributed by atoms with Gasteiger partial charge in [-0.1, -0.05) is 13.0 Å². The van der Waals surface area contributed by atoms with Gasteiger partial charge in [0.2, 0.25) is 0 Å². The predicted molar refractivity (Wildman–Crippen MR) is 34.1 cm³/mol. The third-order valence-corrected chi connectivity index (χ3v) is 1.18. The average molecular weight is 113 g/mol. The molecule has 0 spiro atoms. The van der Waals surface area contributed by atoms with Crippen LogP contribution in [-0.2, 0) is 5.11 Å². The molecule has 0 aliphatic heterocycles. The number of hydrogen-bond donors (Lipinski definition) is 0. The predicted octanol–water partition coefficient (Wildman–Crippen LogP) is 2.02. The van der Waals surface area contributed by atoms with E-state index in [1.807, 2.05) is 6.08 Å². The van der Waals surface area contributed by atoms with Crippen LogP contribution in [-0.4, -0.2) is 6.61 Å². The molecule has 1 heteroatoms. The second-order valence-electron chi connectivity index (χ2n) is 2.12.